The number of para-hydroxylation sites is 1. The molecule has 6 heteroatoms. The largest absolute Gasteiger partial charge is 0.497 e. The number of carbonyl (C=O) groups is 2. The van der Waals surface area contributed by atoms with E-state index in [2.05, 4.69) is 10.6 Å². The standard InChI is InChI=1S/C20H23N3O3/c1-26-18-11-7-15(8-12-18)13-23(17-9-10-17)14-19(24)22-20(25)21-16-5-3-2-4-6-16/h2-8,11-12,17H,9-10,13-14H2,1H3,(H2,21,22,24,25)/p+1. The van der Waals surface area contributed by atoms with E-state index in [0.29, 0.717) is 11.7 Å². The molecule has 1 fully saturated rings. The van der Waals surface area contributed by atoms with Crippen molar-refractivity contribution in [2.75, 3.05) is 19.0 Å². The smallest absolute Gasteiger partial charge is 0.326 e. The molecule has 0 aromatic heterocycles. The van der Waals surface area contributed by atoms with Crippen molar-refractivity contribution in [3.63, 3.8) is 0 Å². The Hall–Kier alpha value is -2.86. The lowest BCUT2D eigenvalue weighted by Crippen LogP contribution is -3.13. The minimum absolute atomic E-state index is 0.270. The predicted octanol–water partition coefficient (Wildman–Crippen LogP) is 1.59. The van der Waals surface area contributed by atoms with Crippen LogP contribution in [0.5, 0.6) is 5.75 Å². The topological polar surface area (TPSA) is 71.9 Å². The molecule has 1 atom stereocenters. The highest BCUT2D eigenvalue weighted by Crippen LogP contribution is 2.16. The maximum Gasteiger partial charge on any atom is 0.326 e. The number of hydrogen-bond acceptors (Lipinski definition) is 3. The van der Waals surface area contributed by atoms with Crippen molar-refractivity contribution in [2.45, 2.75) is 25.4 Å². The molecule has 0 radical (unpaired) electrons. The van der Waals surface area contributed by atoms with E-state index in [4.69, 9.17) is 4.74 Å². The SMILES string of the molecule is COc1ccc(C[NH+](CC(=O)NC(=O)Nc2ccccc2)C2CC2)cc1. The molecule has 0 bridgehead atoms. The lowest BCUT2D eigenvalue weighted by molar-refractivity contribution is -0.917. The Balaban J connectivity index is 1.52. The average Bonchev–Trinajstić information content (AvgIpc) is 3.47. The van der Waals surface area contributed by atoms with Crippen molar-refractivity contribution in [1.82, 2.24) is 5.32 Å². The molecule has 0 heterocycles. The molecule has 0 saturated heterocycles. The number of imide groups is 1. The highest BCUT2D eigenvalue weighted by atomic mass is 16.5. The first-order valence-corrected chi connectivity index (χ1v) is 8.77. The number of benzene rings is 2. The fraction of sp³-hybridized carbons (Fsp3) is 0.300. The quantitative estimate of drug-likeness (QED) is 0.707. The van der Waals surface area contributed by atoms with Crippen LogP contribution in [0.2, 0.25) is 0 Å². The van der Waals surface area contributed by atoms with Crippen LogP contribution in [-0.2, 0) is 11.3 Å². The fourth-order valence-electron chi connectivity index (χ4n) is 2.91. The summed E-state index contributed by atoms with van der Waals surface area (Å²) in [5.74, 6) is 0.547. The summed E-state index contributed by atoms with van der Waals surface area (Å²) < 4.78 is 5.18. The number of nitrogens with one attached hydrogen (secondary N) is 3. The Bertz CT molecular complexity index is 743. The normalized spacial score (nSPS) is 14.3. The highest BCUT2D eigenvalue weighted by molar-refractivity contribution is 6.01. The summed E-state index contributed by atoms with van der Waals surface area (Å²) >= 11 is 0. The summed E-state index contributed by atoms with van der Waals surface area (Å²) in [6, 6.07) is 16.9. The summed E-state index contributed by atoms with van der Waals surface area (Å²) in [4.78, 5) is 25.4. The molecule has 2 aromatic carbocycles. The first kappa shape index (κ1) is 17.9. The van der Waals surface area contributed by atoms with Crippen molar-refractivity contribution in [2.24, 2.45) is 0 Å². The van der Waals surface area contributed by atoms with Crippen LogP contribution < -0.4 is 20.3 Å². The zero-order valence-electron chi connectivity index (χ0n) is 14.8. The van der Waals surface area contributed by atoms with Crippen LogP contribution in [0.25, 0.3) is 0 Å². The van der Waals surface area contributed by atoms with Crippen LogP contribution in [0.3, 0.4) is 0 Å². The number of quaternary nitrogens is 1. The Morgan fingerprint density at radius 1 is 1.08 bits per heavy atom. The van der Waals surface area contributed by atoms with E-state index in [0.717, 1.165) is 30.7 Å². The Labute approximate surface area is 153 Å². The monoisotopic (exact) mass is 354 g/mol. The van der Waals surface area contributed by atoms with Crippen molar-refractivity contribution in [1.29, 1.82) is 0 Å². The van der Waals surface area contributed by atoms with Crippen molar-refractivity contribution in [3.05, 3.63) is 60.2 Å². The Kier molecular flexibility index (Phi) is 5.86. The molecular weight excluding hydrogens is 330 g/mol. The van der Waals surface area contributed by atoms with Crippen LogP contribution in [0.4, 0.5) is 10.5 Å². The van der Waals surface area contributed by atoms with E-state index in [1.54, 1.807) is 19.2 Å². The number of rotatable bonds is 7. The third kappa shape index (κ3) is 5.32. The second-order valence-electron chi connectivity index (χ2n) is 6.50. The highest BCUT2D eigenvalue weighted by Gasteiger charge is 2.34. The van der Waals surface area contributed by atoms with Gasteiger partial charge in [-0.1, -0.05) is 18.2 Å². The van der Waals surface area contributed by atoms with Crippen molar-refractivity contribution < 1.29 is 19.2 Å². The molecule has 0 aliphatic heterocycles. The summed E-state index contributed by atoms with van der Waals surface area (Å²) in [6.07, 6.45) is 2.24. The summed E-state index contributed by atoms with van der Waals surface area (Å²) in [5.41, 5.74) is 1.80. The minimum Gasteiger partial charge on any atom is -0.497 e. The van der Waals surface area contributed by atoms with Gasteiger partial charge in [-0.15, -0.1) is 0 Å². The zero-order chi connectivity index (χ0) is 18.4. The summed E-state index contributed by atoms with van der Waals surface area (Å²) in [5, 5.41) is 5.07. The number of methoxy groups -OCH3 is 1. The van der Waals surface area contributed by atoms with Crippen molar-refractivity contribution >= 4 is 17.6 Å². The van der Waals surface area contributed by atoms with Gasteiger partial charge in [-0.05, 0) is 36.4 Å². The number of hydrogen-bond donors (Lipinski definition) is 3. The van der Waals surface area contributed by atoms with Crippen LogP contribution in [0.1, 0.15) is 18.4 Å². The summed E-state index contributed by atoms with van der Waals surface area (Å²) in [6.45, 7) is 1.03. The van der Waals surface area contributed by atoms with Crippen LogP contribution in [-0.4, -0.2) is 31.6 Å². The van der Waals surface area contributed by atoms with Gasteiger partial charge in [0.25, 0.3) is 5.91 Å². The number of urea groups is 1. The van der Waals surface area contributed by atoms with E-state index in [1.165, 1.54) is 4.90 Å². The molecule has 1 unspecified atom stereocenters. The van der Waals surface area contributed by atoms with Gasteiger partial charge in [0.15, 0.2) is 6.54 Å². The third-order valence-corrected chi connectivity index (χ3v) is 4.42. The van der Waals surface area contributed by atoms with Gasteiger partial charge in [0, 0.05) is 24.1 Å². The predicted molar refractivity (Wildman–Crippen MR) is 99.2 cm³/mol. The Morgan fingerprint density at radius 3 is 2.38 bits per heavy atom. The molecule has 3 N–H and O–H groups in total. The first-order valence-electron chi connectivity index (χ1n) is 8.77. The fourth-order valence-corrected chi connectivity index (χ4v) is 2.91. The second-order valence-corrected chi connectivity index (χ2v) is 6.50. The van der Waals surface area contributed by atoms with Gasteiger partial charge < -0.3 is 15.0 Å². The molecule has 2 aromatic rings. The van der Waals surface area contributed by atoms with E-state index < -0.39 is 6.03 Å². The molecule has 3 rings (SSSR count). The van der Waals surface area contributed by atoms with Gasteiger partial charge in [-0.25, -0.2) is 4.79 Å². The lowest BCUT2D eigenvalue weighted by atomic mass is 10.2. The van der Waals surface area contributed by atoms with Gasteiger partial charge >= 0.3 is 6.03 Å². The number of ether oxygens (including phenoxy) is 1. The first-order chi connectivity index (χ1) is 12.6. The van der Waals surface area contributed by atoms with E-state index >= 15 is 0 Å². The van der Waals surface area contributed by atoms with Crippen LogP contribution in [0.15, 0.2) is 54.6 Å². The molecular formula is C20H24N3O3+. The van der Waals surface area contributed by atoms with Gasteiger partial charge in [-0.3, -0.25) is 10.1 Å². The molecule has 1 aliphatic carbocycles. The minimum atomic E-state index is -0.499. The van der Waals surface area contributed by atoms with Crippen LogP contribution in [0, 0.1) is 0 Å². The lowest BCUT2D eigenvalue weighted by Gasteiger charge is -2.19. The molecule has 1 saturated carbocycles. The van der Waals surface area contributed by atoms with Crippen LogP contribution >= 0.6 is 0 Å². The Morgan fingerprint density at radius 2 is 1.77 bits per heavy atom. The molecule has 0 spiro atoms. The number of anilines is 1. The molecule has 136 valence electrons. The number of amides is 3. The zero-order valence-corrected chi connectivity index (χ0v) is 14.8. The maximum absolute atomic E-state index is 12.3. The van der Waals surface area contributed by atoms with Gasteiger partial charge in [0.05, 0.1) is 13.2 Å². The molecule has 6 nitrogen and oxygen atoms in total. The van der Waals surface area contributed by atoms with Gasteiger partial charge in [-0.2, -0.15) is 0 Å². The maximum atomic E-state index is 12.3. The summed E-state index contributed by atoms with van der Waals surface area (Å²) in [7, 11) is 1.64. The van der Waals surface area contributed by atoms with E-state index in [-0.39, 0.29) is 12.5 Å². The van der Waals surface area contributed by atoms with Gasteiger partial charge in [0.2, 0.25) is 0 Å². The molecule has 1 aliphatic rings. The van der Waals surface area contributed by atoms with E-state index in [1.807, 2.05) is 42.5 Å². The molecule has 26 heavy (non-hydrogen) atoms. The molecule has 3 amide bonds. The van der Waals surface area contributed by atoms with Crippen molar-refractivity contribution in [3.8, 4) is 5.75 Å². The number of carbonyl (C=O) groups excluding carboxylic acids is 2. The third-order valence-electron chi connectivity index (χ3n) is 4.42. The second kappa shape index (κ2) is 8.49. The van der Waals surface area contributed by atoms with E-state index in [9.17, 15) is 9.59 Å². The van der Waals surface area contributed by atoms with Gasteiger partial charge in [0.1, 0.15) is 12.3 Å². The average molecular weight is 354 g/mol.